The molecule has 0 aliphatic carbocycles. The summed E-state index contributed by atoms with van der Waals surface area (Å²) in [7, 11) is -3.38. The second-order valence-corrected chi connectivity index (χ2v) is 7.51. The van der Waals surface area contributed by atoms with Crippen molar-refractivity contribution < 1.29 is 37.6 Å². The first-order chi connectivity index (χ1) is 12.9. The van der Waals surface area contributed by atoms with Crippen LogP contribution in [0.15, 0.2) is 53.4 Å². The molecule has 146 valence electrons. The van der Waals surface area contributed by atoms with E-state index in [2.05, 4.69) is 0 Å². The molecule has 2 rings (SSSR count). The molecule has 0 amide bonds. The zero-order chi connectivity index (χ0) is 19.7. The van der Waals surface area contributed by atoms with Crippen molar-refractivity contribution in [1.29, 1.82) is 0 Å². The van der Waals surface area contributed by atoms with E-state index in [4.69, 9.17) is 19.3 Å². The fourth-order valence-electron chi connectivity index (χ4n) is 2.09. The van der Waals surface area contributed by atoms with Gasteiger partial charge in [-0.05, 0) is 30.3 Å². The van der Waals surface area contributed by atoms with E-state index < -0.39 is 15.8 Å². The van der Waals surface area contributed by atoms with E-state index in [-0.39, 0.29) is 54.3 Å². The summed E-state index contributed by atoms with van der Waals surface area (Å²) in [5, 5.41) is 18.3. The molecule has 0 heterocycles. The summed E-state index contributed by atoms with van der Waals surface area (Å²) >= 11 is 0. The Kier molecular flexibility index (Phi) is 7.59. The molecular weight excluding hydrogens is 376 g/mol. The number of aromatic carboxylic acids is 1. The van der Waals surface area contributed by atoms with Crippen LogP contribution >= 0.6 is 0 Å². The number of sulfone groups is 1. The lowest BCUT2D eigenvalue weighted by Gasteiger charge is -2.09. The van der Waals surface area contributed by atoms with E-state index in [1.165, 1.54) is 30.3 Å². The van der Waals surface area contributed by atoms with E-state index in [0.717, 1.165) is 0 Å². The number of hydrogen-bond donors (Lipinski definition) is 2. The van der Waals surface area contributed by atoms with Gasteiger partial charge in [0.05, 0.1) is 23.9 Å². The van der Waals surface area contributed by atoms with Gasteiger partial charge in [-0.2, -0.15) is 0 Å². The Morgan fingerprint density at radius 1 is 0.963 bits per heavy atom. The molecule has 0 aliphatic heterocycles. The van der Waals surface area contributed by atoms with E-state index in [9.17, 15) is 18.3 Å². The highest BCUT2D eigenvalue weighted by molar-refractivity contribution is 7.91. The third kappa shape index (κ3) is 6.55. The van der Waals surface area contributed by atoms with Gasteiger partial charge in [-0.1, -0.05) is 18.2 Å². The lowest BCUT2D eigenvalue weighted by Crippen LogP contribution is -2.15. The fraction of sp³-hybridized carbons (Fsp3) is 0.278. The van der Waals surface area contributed by atoms with Gasteiger partial charge in [0, 0.05) is 0 Å². The van der Waals surface area contributed by atoms with Gasteiger partial charge in [0.15, 0.2) is 9.84 Å². The summed E-state index contributed by atoms with van der Waals surface area (Å²) in [5.74, 6) is -1.47. The average molecular weight is 396 g/mol. The maximum atomic E-state index is 12.0. The molecular formula is C18H20O8S. The topological polar surface area (TPSA) is 119 Å². The van der Waals surface area contributed by atoms with Crippen LogP contribution < -0.4 is 4.74 Å². The molecule has 0 fully saturated rings. The molecule has 0 saturated heterocycles. The zero-order valence-electron chi connectivity index (χ0n) is 14.4. The van der Waals surface area contributed by atoms with E-state index in [1.54, 1.807) is 18.2 Å². The van der Waals surface area contributed by atoms with Crippen LogP contribution in [0.1, 0.15) is 10.4 Å². The predicted octanol–water partition coefficient (Wildman–Crippen LogP) is 1.93. The molecule has 0 atom stereocenters. The normalized spacial score (nSPS) is 11.3. The van der Waals surface area contributed by atoms with Crippen LogP contribution in [0.3, 0.4) is 0 Å². The van der Waals surface area contributed by atoms with Crippen LogP contribution in [-0.4, -0.2) is 57.0 Å². The van der Waals surface area contributed by atoms with Crippen LogP contribution in [0.2, 0.25) is 0 Å². The average Bonchev–Trinajstić information content (AvgIpc) is 2.65. The molecule has 8 nitrogen and oxygen atoms in total. The van der Waals surface area contributed by atoms with Gasteiger partial charge < -0.3 is 24.4 Å². The van der Waals surface area contributed by atoms with Crippen molar-refractivity contribution in [3.63, 3.8) is 0 Å². The number of rotatable bonds is 11. The molecule has 0 aromatic heterocycles. The van der Waals surface area contributed by atoms with Crippen molar-refractivity contribution in [1.82, 2.24) is 0 Å². The molecule has 0 unspecified atom stereocenters. The number of phenols is 1. The van der Waals surface area contributed by atoms with E-state index >= 15 is 0 Å². The van der Waals surface area contributed by atoms with Gasteiger partial charge in [0.25, 0.3) is 0 Å². The Morgan fingerprint density at radius 2 is 1.67 bits per heavy atom. The maximum Gasteiger partial charge on any atom is 0.339 e. The largest absolute Gasteiger partial charge is 0.507 e. The molecule has 0 bridgehead atoms. The molecule has 27 heavy (non-hydrogen) atoms. The molecule has 2 aromatic rings. The molecule has 2 aromatic carbocycles. The van der Waals surface area contributed by atoms with E-state index in [1.807, 2.05) is 0 Å². The van der Waals surface area contributed by atoms with Crippen molar-refractivity contribution in [2.45, 2.75) is 4.90 Å². The lowest BCUT2D eigenvalue weighted by atomic mass is 10.2. The van der Waals surface area contributed by atoms with Crippen molar-refractivity contribution >= 4 is 15.8 Å². The van der Waals surface area contributed by atoms with Crippen molar-refractivity contribution in [3.05, 3.63) is 54.1 Å². The number of hydrogen-bond acceptors (Lipinski definition) is 7. The van der Waals surface area contributed by atoms with Gasteiger partial charge >= 0.3 is 5.97 Å². The summed E-state index contributed by atoms with van der Waals surface area (Å²) in [4.78, 5) is 11.2. The number of carbonyl (C=O) groups is 1. The molecule has 2 N–H and O–H groups in total. The molecule has 0 radical (unpaired) electrons. The monoisotopic (exact) mass is 396 g/mol. The number of benzene rings is 2. The summed E-state index contributed by atoms with van der Waals surface area (Å²) in [6.45, 7) is 0.200. The number of ether oxygens (including phenoxy) is 3. The Labute approximate surface area is 156 Å². The Bertz CT molecular complexity index is 849. The van der Waals surface area contributed by atoms with Gasteiger partial charge in [-0.25, -0.2) is 13.2 Å². The smallest absolute Gasteiger partial charge is 0.339 e. The maximum absolute atomic E-state index is 12.0. The summed E-state index contributed by atoms with van der Waals surface area (Å²) in [5.41, 5.74) is -0.253. The van der Waals surface area contributed by atoms with Crippen LogP contribution in [0.25, 0.3) is 0 Å². The standard InChI is InChI=1S/C18H20O8S/c19-17-7-6-14(12-16(17)18(20)21)26-9-8-24-13-25-10-11-27(22,23)15-4-2-1-3-5-15/h1-7,12,19H,8-11,13H2,(H,20,21). The second-order valence-electron chi connectivity index (χ2n) is 5.40. The number of carboxylic acids is 1. The third-order valence-corrected chi connectivity index (χ3v) is 5.15. The minimum absolute atomic E-state index is 0.00197. The highest BCUT2D eigenvalue weighted by Gasteiger charge is 2.13. The van der Waals surface area contributed by atoms with Crippen molar-refractivity contribution in [2.24, 2.45) is 0 Å². The number of aromatic hydroxyl groups is 1. The highest BCUT2D eigenvalue weighted by Crippen LogP contribution is 2.22. The van der Waals surface area contributed by atoms with Crippen LogP contribution in [0, 0.1) is 0 Å². The van der Waals surface area contributed by atoms with Crippen molar-refractivity contribution in [2.75, 3.05) is 32.4 Å². The van der Waals surface area contributed by atoms with E-state index in [0.29, 0.717) is 0 Å². The highest BCUT2D eigenvalue weighted by atomic mass is 32.2. The van der Waals surface area contributed by atoms with Crippen molar-refractivity contribution in [3.8, 4) is 11.5 Å². The first kappa shape index (κ1) is 20.7. The first-order valence-electron chi connectivity index (χ1n) is 8.02. The van der Waals surface area contributed by atoms with Crippen LogP contribution in [0.4, 0.5) is 0 Å². The minimum atomic E-state index is -3.38. The third-order valence-electron chi connectivity index (χ3n) is 3.46. The SMILES string of the molecule is O=C(O)c1cc(OCCOCOCCS(=O)(=O)c2ccccc2)ccc1O. The second kappa shape index (κ2) is 9.91. The molecule has 0 aliphatic rings. The quantitative estimate of drug-likeness (QED) is 0.437. The predicted molar refractivity (Wildman–Crippen MR) is 95.8 cm³/mol. The summed E-state index contributed by atoms with van der Waals surface area (Å²) in [6.07, 6.45) is 0. The van der Waals surface area contributed by atoms with Crippen LogP contribution in [0.5, 0.6) is 11.5 Å². The van der Waals surface area contributed by atoms with Gasteiger partial charge in [0.1, 0.15) is 30.5 Å². The Balaban J connectivity index is 1.61. The molecule has 0 spiro atoms. The summed E-state index contributed by atoms with van der Waals surface area (Å²) < 4.78 is 39.7. The zero-order valence-corrected chi connectivity index (χ0v) is 15.2. The Hall–Kier alpha value is -2.62. The molecule has 0 saturated carbocycles. The minimum Gasteiger partial charge on any atom is -0.507 e. The lowest BCUT2D eigenvalue weighted by molar-refractivity contribution is -0.0555. The fourth-order valence-corrected chi connectivity index (χ4v) is 3.23. The molecule has 9 heteroatoms. The Morgan fingerprint density at radius 3 is 2.37 bits per heavy atom. The summed E-state index contributed by atoms with van der Waals surface area (Å²) in [6, 6.07) is 12.0. The number of carboxylic acid groups (broad SMARTS) is 1. The first-order valence-corrected chi connectivity index (χ1v) is 9.68. The van der Waals surface area contributed by atoms with Crippen LogP contribution in [-0.2, 0) is 19.3 Å². The van der Waals surface area contributed by atoms with Gasteiger partial charge in [-0.15, -0.1) is 0 Å². The van der Waals surface area contributed by atoms with Gasteiger partial charge in [0.2, 0.25) is 0 Å². The van der Waals surface area contributed by atoms with Gasteiger partial charge in [-0.3, -0.25) is 0 Å².